The van der Waals surface area contributed by atoms with E-state index < -0.39 is 12.1 Å². The van der Waals surface area contributed by atoms with Crippen LogP contribution in [0.2, 0.25) is 0 Å². The summed E-state index contributed by atoms with van der Waals surface area (Å²) in [6.45, 7) is 1.99. The summed E-state index contributed by atoms with van der Waals surface area (Å²) in [4.78, 5) is 24.3. The fourth-order valence-corrected chi connectivity index (χ4v) is 2.83. The molecule has 4 nitrogen and oxygen atoms in total. The highest BCUT2D eigenvalue weighted by Crippen LogP contribution is 2.19. The molecule has 3 aromatic carbocycles. The van der Waals surface area contributed by atoms with E-state index in [0.717, 1.165) is 22.3 Å². The van der Waals surface area contributed by atoms with Gasteiger partial charge in [-0.05, 0) is 29.2 Å². The van der Waals surface area contributed by atoms with Crippen molar-refractivity contribution in [3.05, 3.63) is 96.1 Å². The SMILES string of the molecule is C[C@H](OC(=O)Cc1ccc(-c2ccccc2)cc1)C(=O)NCc1ccccc1. The molecule has 28 heavy (non-hydrogen) atoms. The van der Waals surface area contributed by atoms with Crippen molar-refractivity contribution in [1.82, 2.24) is 5.32 Å². The molecule has 0 spiro atoms. The lowest BCUT2D eigenvalue weighted by Gasteiger charge is -2.14. The predicted molar refractivity (Wildman–Crippen MR) is 109 cm³/mol. The third kappa shape index (κ3) is 5.55. The number of esters is 1. The van der Waals surface area contributed by atoms with Gasteiger partial charge in [0.05, 0.1) is 6.42 Å². The second kappa shape index (κ2) is 9.51. The van der Waals surface area contributed by atoms with Crippen molar-refractivity contribution in [3.8, 4) is 11.1 Å². The minimum atomic E-state index is -0.834. The summed E-state index contributed by atoms with van der Waals surface area (Å²) < 4.78 is 5.27. The van der Waals surface area contributed by atoms with E-state index in [1.807, 2.05) is 84.9 Å². The molecule has 4 heteroatoms. The van der Waals surface area contributed by atoms with Gasteiger partial charge in [0.25, 0.3) is 5.91 Å². The molecule has 0 aliphatic carbocycles. The van der Waals surface area contributed by atoms with Crippen LogP contribution < -0.4 is 5.32 Å². The van der Waals surface area contributed by atoms with Crippen LogP contribution in [-0.4, -0.2) is 18.0 Å². The Kier molecular flexibility index (Phi) is 6.58. The average Bonchev–Trinajstić information content (AvgIpc) is 2.74. The van der Waals surface area contributed by atoms with Gasteiger partial charge in [-0.1, -0.05) is 84.9 Å². The zero-order valence-corrected chi connectivity index (χ0v) is 15.8. The van der Waals surface area contributed by atoms with Crippen LogP contribution in [-0.2, 0) is 27.3 Å². The van der Waals surface area contributed by atoms with E-state index in [1.165, 1.54) is 0 Å². The number of hydrogen-bond acceptors (Lipinski definition) is 3. The molecule has 1 amide bonds. The summed E-state index contributed by atoms with van der Waals surface area (Å²) in [6, 6.07) is 27.4. The second-order valence-electron chi connectivity index (χ2n) is 6.58. The molecular weight excluding hydrogens is 350 g/mol. The van der Waals surface area contributed by atoms with E-state index in [4.69, 9.17) is 4.74 Å². The maximum atomic E-state index is 12.2. The maximum absolute atomic E-state index is 12.2. The zero-order chi connectivity index (χ0) is 19.8. The molecule has 0 saturated heterocycles. The van der Waals surface area contributed by atoms with Crippen LogP contribution in [0.5, 0.6) is 0 Å². The van der Waals surface area contributed by atoms with Gasteiger partial charge in [0.1, 0.15) is 0 Å². The number of benzene rings is 3. The standard InChI is InChI=1S/C24H23NO3/c1-18(24(27)25-17-20-8-4-2-5-9-20)28-23(26)16-19-12-14-22(15-13-19)21-10-6-3-7-11-21/h2-15,18H,16-17H2,1H3,(H,25,27)/t18-/m0/s1. The lowest BCUT2D eigenvalue weighted by Crippen LogP contribution is -2.35. The Morgan fingerprint density at radius 1 is 0.786 bits per heavy atom. The summed E-state index contributed by atoms with van der Waals surface area (Å²) in [5.41, 5.74) is 4.06. The number of nitrogens with one attached hydrogen (secondary N) is 1. The molecule has 0 aromatic heterocycles. The summed E-state index contributed by atoms with van der Waals surface area (Å²) in [5.74, 6) is -0.730. The van der Waals surface area contributed by atoms with Gasteiger partial charge in [-0.15, -0.1) is 0 Å². The first-order chi connectivity index (χ1) is 13.6. The maximum Gasteiger partial charge on any atom is 0.311 e. The second-order valence-corrected chi connectivity index (χ2v) is 6.58. The summed E-state index contributed by atoms with van der Waals surface area (Å²) in [7, 11) is 0. The Bertz CT molecular complexity index is 906. The topological polar surface area (TPSA) is 55.4 Å². The molecule has 0 saturated carbocycles. The number of ether oxygens (including phenoxy) is 1. The van der Waals surface area contributed by atoms with Crippen molar-refractivity contribution >= 4 is 11.9 Å². The van der Waals surface area contributed by atoms with Gasteiger partial charge in [-0.3, -0.25) is 9.59 Å². The minimum Gasteiger partial charge on any atom is -0.452 e. The largest absolute Gasteiger partial charge is 0.452 e. The van der Waals surface area contributed by atoms with Gasteiger partial charge in [-0.25, -0.2) is 0 Å². The Balaban J connectivity index is 1.48. The fourth-order valence-electron chi connectivity index (χ4n) is 2.83. The molecular formula is C24H23NO3. The number of carbonyl (C=O) groups excluding carboxylic acids is 2. The van der Waals surface area contributed by atoms with Crippen LogP contribution in [0.1, 0.15) is 18.1 Å². The molecule has 0 heterocycles. The number of rotatable bonds is 7. The number of carbonyl (C=O) groups is 2. The van der Waals surface area contributed by atoms with Gasteiger partial charge >= 0.3 is 5.97 Å². The van der Waals surface area contributed by atoms with Crippen molar-refractivity contribution in [2.75, 3.05) is 0 Å². The Labute approximate surface area is 165 Å². The van der Waals surface area contributed by atoms with Crippen LogP contribution in [0.15, 0.2) is 84.9 Å². The third-order valence-corrected chi connectivity index (χ3v) is 4.40. The molecule has 0 fully saturated rings. The molecule has 3 rings (SSSR count). The molecule has 1 N–H and O–H groups in total. The molecule has 0 bridgehead atoms. The van der Waals surface area contributed by atoms with Gasteiger partial charge in [-0.2, -0.15) is 0 Å². The van der Waals surface area contributed by atoms with E-state index in [-0.39, 0.29) is 12.3 Å². The molecule has 3 aromatic rings. The fraction of sp³-hybridized carbons (Fsp3) is 0.167. The van der Waals surface area contributed by atoms with Crippen molar-refractivity contribution in [1.29, 1.82) is 0 Å². The highest BCUT2D eigenvalue weighted by Gasteiger charge is 2.17. The van der Waals surface area contributed by atoms with Crippen molar-refractivity contribution in [3.63, 3.8) is 0 Å². The van der Waals surface area contributed by atoms with E-state index >= 15 is 0 Å². The van der Waals surface area contributed by atoms with Gasteiger partial charge in [0.2, 0.25) is 0 Å². The molecule has 1 atom stereocenters. The molecule has 0 aliphatic rings. The summed E-state index contributed by atoms with van der Waals surface area (Å²) >= 11 is 0. The predicted octanol–water partition coefficient (Wildman–Crippen LogP) is 4.14. The Hall–Kier alpha value is -3.40. The van der Waals surface area contributed by atoms with Gasteiger partial charge in [0.15, 0.2) is 6.10 Å². The Morgan fingerprint density at radius 3 is 2.00 bits per heavy atom. The van der Waals surface area contributed by atoms with Gasteiger partial charge < -0.3 is 10.1 Å². The Morgan fingerprint density at radius 2 is 1.36 bits per heavy atom. The summed E-state index contributed by atoms with van der Waals surface area (Å²) in [6.07, 6.45) is -0.703. The third-order valence-electron chi connectivity index (χ3n) is 4.40. The normalized spacial score (nSPS) is 11.5. The van der Waals surface area contributed by atoms with Crippen molar-refractivity contribution < 1.29 is 14.3 Å². The van der Waals surface area contributed by atoms with Crippen molar-refractivity contribution in [2.45, 2.75) is 26.0 Å². The molecule has 0 aliphatic heterocycles. The lowest BCUT2D eigenvalue weighted by atomic mass is 10.0. The van der Waals surface area contributed by atoms with Crippen molar-refractivity contribution in [2.24, 2.45) is 0 Å². The van der Waals surface area contributed by atoms with Crippen LogP contribution in [0.3, 0.4) is 0 Å². The highest BCUT2D eigenvalue weighted by molar-refractivity contribution is 5.84. The quantitative estimate of drug-likeness (QED) is 0.633. The van der Waals surface area contributed by atoms with Crippen LogP contribution in [0.4, 0.5) is 0 Å². The molecule has 0 unspecified atom stereocenters. The van der Waals surface area contributed by atoms with E-state index in [9.17, 15) is 9.59 Å². The smallest absolute Gasteiger partial charge is 0.311 e. The van der Waals surface area contributed by atoms with Crippen LogP contribution >= 0.6 is 0 Å². The zero-order valence-electron chi connectivity index (χ0n) is 15.8. The number of amides is 1. The highest BCUT2D eigenvalue weighted by atomic mass is 16.5. The first-order valence-electron chi connectivity index (χ1n) is 9.27. The minimum absolute atomic E-state index is 0.130. The monoisotopic (exact) mass is 373 g/mol. The lowest BCUT2D eigenvalue weighted by molar-refractivity contribution is -0.154. The summed E-state index contributed by atoms with van der Waals surface area (Å²) in [5, 5.41) is 2.78. The molecule has 142 valence electrons. The number of hydrogen-bond donors (Lipinski definition) is 1. The van der Waals surface area contributed by atoms with Gasteiger partial charge in [0, 0.05) is 6.54 Å². The van der Waals surface area contributed by atoms with Crippen LogP contribution in [0.25, 0.3) is 11.1 Å². The van der Waals surface area contributed by atoms with E-state index in [1.54, 1.807) is 6.92 Å². The van der Waals surface area contributed by atoms with E-state index in [0.29, 0.717) is 6.54 Å². The van der Waals surface area contributed by atoms with Crippen LogP contribution in [0, 0.1) is 0 Å². The first kappa shape index (κ1) is 19.4. The first-order valence-corrected chi connectivity index (χ1v) is 9.27. The molecule has 0 radical (unpaired) electrons. The van der Waals surface area contributed by atoms with E-state index in [2.05, 4.69) is 5.32 Å². The average molecular weight is 373 g/mol.